The van der Waals surface area contributed by atoms with Crippen molar-refractivity contribution >= 4 is 16.3 Å². The van der Waals surface area contributed by atoms with Crippen molar-refractivity contribution in [3.05, 3.63) is 10.8 Å². The molecule has 0 aliphatic heterocycles. The maximum absolute atomic E-state index is 6.07. The summed E-state index contributed by atoms with van der Waals surface area (Å²) in [7, 11) is 0. The van der Waals surface area contributed by atoms with E-state index < -0.39 is 0 Å². The first-order chi connectivity index (χ1) is 6.73. The number of rotatable bonds is 2. The molecule has 0 aromatic carbocycles. The molecule has 1 fully saturated rings. The molecular formula is C8H11N5S. The minimum atomic E-state index is -0.156. The fourth-order valence-corrected chi connectivity index (χ4v) is 2.44. The molecule has 0 unspecified atom stereocenters. The second-order valence-corrected chi connectivity index (χ2v) is 4.68. The predicted octanol–water partition coefficient (Wildman–Crippen LogP) is 0.696. The van der Waals surface area contributed by atoms with Crippen LogP contribution in [0.5, 0.6) is 0 Å². The summed E-state index contributed by atoms with van der Waals surface area (Å²) < 4.78 is 1.81. The summed E-state index contributed by atoms with van der Waals surface area (Å²) in [4.78, 5) is 0.855. The van der Waals surface area contributed by atoms with Crippen molar-refractivity contribution in [2.24, 2.45) is 5.73 Å². The van der Waals surface area contributed by atoms with E-state index in [1.807, 2.05) is 11.4 Å². The Morgan fingerprint density at radius 3 is 2.93 bits per heavy atom. The molecule has 0 spiro atoms. The minimum Gasteiger partial charge on any atom is -0.319 e. The quantitative estimate of drug-likeness (QED) is 0.790. The highest BCUT2D eigenvalue weighted by molar-refractivity contribution is 7.16. The Balaban J connectivity index is 2.16. The zero-order valence-corrected chi connectivity index (χ0v) is 8.71. The van der Waals surface area contributed by atoms with Crippen LogP contribution in [0.2, 0.25) is 0 Å². The first-order valence-electron chi connectivity index (χ1n) is 4.73. The van der Waals surface area contributed by atoms with E-state index >= 15 is 0 Å². The molecule has 2 aromatic heterocycles. The molecule has 1 aliphatic rings. The second-order valence-electron chi connectivity index (χ2n) is 3.73. The van der Waals surface area contributed by atoms with Crippen molar-refractivity contribution in [3.63, 3.8) is 0 Å². The molecule has 2 N–H and O–H groups in total. The molecule has 0 radical (unpaired) electrons. The van der Waals surface area contributed by atoms with Gasteiger partial charge in [-0.05, 0) is 12.8 Å². The van der Waals surface area contributed by atoms with Crippen molar-refractivity contribution in [3.8, 4) is 0 Å². The van der Waals surface area contributed by atoms with E-state index in [0.29, 0.717) is 0 Å². The molecule has 1 saturated carbocycles. The number of fused-ring (bicyclic) bond motifs is 1. The van der Waals surface area contributed by atoms with Gasteiger partial charge in [-0.3, -0.25) is 0 Å². The van der Waals surface area contributed by atoms with Crippen molar-refractivity contribution in [2.45, 2.75) is 31.7 Å². The van der Waals surface area contributed by atoms with Crippen LogP contribution in [0.15, 0.2) is 0 Å². The van der Waals surface area contributed by atoms with Gasteiger partial charge < -0.3 is 5.73 Å². The number of hydrogen-bond donors (Lipinski definition) is 1. The minimum absolute atomic E-state index is 0.156. The number of hydrogen-bond acceptors (Lipinski definition) is 5. The van der Waals surface area contributed by atoms with E-state index in [4.69, 9.17) is 5.73 Å². The molecule has 0 amide bonds. The zero-order valence-electron chi connectivity index (χ0n) is 7.90. The molecule has 6 heteroatoms. The lowest BCUT2D eigenvalue weighted by Gasteiger charge is -1.99. The van der Waals surface area contributed by atoms with E-state index in [-0.39, 0.29) is 5.54 Å². The van der Waals surface area contributed by atoms with Gasteiger partial charge in [-0.2, -0.15) is 9.61 Å². The lowest BCUT2D eigenvalue weighted by Crippen LogP contribution is -2.18. The van der Waals surface area contributed by atoms with E-state index in [1.165, 1.54) is 0 Å². The number of nitrogens with zero attached hydrogens (tertiary/aromatic N) is 4. The second kappa shape index (κ2) is 2.52. The molecule has 2 heterocycles. The van der Waals surface area contributed by atoms with Gasteiger partial charge in [0.05, 0.1) is 5.54 Å². The van der Waals surface area contributed by atoms with Gasteiger partial charge >= 0.3 is 0 Å². The van der Waals surface area contributed by atoms with E-state index in [0.717, 1.165) is 35.1 Å². The summed E-state index contributed by atoms with van der Waals surface area (Å²) in [5.74, 6) is 0.909. The average Bonchev–Trinajstić information content (AvgIpc) is 2.65. The molecule has 0 bridgehead atoms. The highest BCUT2D eigenvalue weighted by Gasteiger charge is 2.43. The van der Waals surface area contributed by atoms with Crippen molar-refractivity contribution < 1.29 is 0 Å². The van der Waals surface area contributed by atoms with Gasteiger partial charge in [0.2, 0.25) is 4.96 Å². The molecule has 2 aromatic rings. The Hall–Kier alpha value is -1.01. The normalized spacial score (nSPS) is 19.0. The Bertz CT molecular complexity index is 481. The molecule has 5 nitrogen and oxygen atoms in total. The van der Waals surface area contributed by atoms with Gasteiger partial charge in [0.1, 0.15) is 5.01 Å². The van der Waals surface area contributed by atoms with Gasteiger partial charge in [-0.25, -0.2) is 0 Å². The molecule has 0 atom stereocenters. The lowest BCUT2D eigenvalue weighted by molar-refractivity contribution is 0.694. The molecule has 3 rings (SSSR count). The smallest absolute Gasteiger partial charge is 0.234 e. The summed E-state index contributed by atoms with van der Waals surface area (Å²) in [6.07, 6.45) is 2.93. The van der Waals surface area contributed by atoms with Gasteiger partial charge in [0.25, 0.3) is 0 Å². The maximum atomic E-state index is 6.07. The Morgan fingerprint density at radius 1 is 1.50 bits per heavy atom. The first kappa shape index (κ1) is 8.31. The standard InChI is InChI=1S/C8H11N5S/c1-2-5-10-11-7-13(5)12-6(14-7)8(9)3-4-8/h2-4,9H2,1H3. The van der Waals surface area contributed by atoms with Crippen molar-refractivity contribution in [1.29, 1.82) is 0 Å². The topological polar surface area (TPSA) is 69.1 Å². The summed E-state index contributed by atoms with van der Waals surface area (Å²) in [5, 5.41) is 13.6. The Kier molecular flexibility index (Phi) is 1.49. The molecule has 0 saturated heterocycles. The first-order valence-corrected chi connectivity index (χ1v) is 5.55. The van der Waals surface area contributed by atoms with Crippen LogP contribution < -0.4 is 5.73 Å². The van der Waals surface area contributed by atoms with Crippen LogP contribution in [0, 0.1) is 0 Å². The van der Waals surface area contributed by atoms with Gasteiger partial charge in [-0.15, -0.1) is 10.2 Å². The Labute approximate surface area is 84.9 Å². The molecule has 74 valence electrons. The van der Waals surface area contributed by atoms with Crippen molar-refractivity contribution in [2.75, 3.05) is 0 Å². The summed E-state index contributed by atoms with van der Waals surface area (Å²) in [6, 6.07) is 0. The highest BCUT2D eigenvalue weighted by atomic mass is 32.1. The maximum Gasteiger partial charge on any atom is 0.234 e. The molecular weight excluding hydrogens is 198 g/mol. The Morgan fingerprint density at radius 2 is 2.29 bits per heavy atom. The fourth-order valence-electron chi connectivity index (χ4n) is 1.43. The number of nitrogens with two attached hydrogens (primary N) is 1. The van der Waals surface area contributed by atoms with E-state index in [2.05, 4.69) is 15.3 Å². The third-order valence-corrected chi connectivity index (χ3v) is 3.70. The van der Waals surface area contributed by atoms with Crippen molar-refractivity contribution in [1.82, 2.24) is 19.8 Å². The van der Waals surface area contributed by atoms with Crippen LogP contribution in [0.1, 0.15) is 30.6 Å². The summed E-state index contributed by atoms with van der Waals surface area (Å²) in [6.45, 7) is 2.05. The van der Waals surface area contributed by atoms with Crippen LogP contribution >= 0.6 is 11.3 Å². The number of aryl methyl sites for hydroxylation is 1. The monoisotopic (exact) mass is 209 g/mol. The summed E-state index contributed by atoms with van der Waals surface area (Å²) >= 11 is 1.56. The molecule has 1 aliphatic carbocycles. The van der Waals surface area contributed by atoms with E-state index in [9.17, 15) is 0 Å². The lowest BCUT2D eigenvalue weighted by atomic mass is 10.3. The van der Waals surface area contributed by atoms with Gasteiger partial charge in [-0.1, -0.05) is 18.3 Å². The third-order valence-electron chi connectivity index (χ3n) is 2.59. The average molecular weight is 209 g/mol. The summed E-state index contributed by atoms with van der Waals surface area (Å²) in [5.41, 5.74) is 5.91. The van der Waals surface area contributed by atoms with Gasteiger partial charge in [0.15, 0.2) is 5.82 Å². The molecule has 14 heavy (non-hydrogen) atoms. The zero-order chi connectivity index (χ0) is 9.76. The van der Waals surface area contributed by atoms with E-state index in [1.54, 1.807) is 11.3 Å². The van der Waals surface area contributed by atoms with Crippen LogP contribution in [0.3, 0.4) is 0 Å². The largest absolute Gasteiger partial charge is 0.319 e. The fraction of sp³-hybridized carbons (Fsp3) is 0.625. The SMILES string of the molecule is CCc1nnc2sc(C3(N)CC3)nn12. The predicted molar refractivity (Wildman–Crippen MR) is 53.1 cm³/mol. The van der Waals surface area contributed by atoms with Crippen LogP contribution in [-0.4, -0.2) is 19.8 Å². The number of aromatic nitrogens is 4. The van der Waals surface area contributed by atoms with Crippen LogP contribution in [-0.2, 0) is 12.0 Å². The van der Waals surface area contributed by atoms with Gasteiger partial charge in [0, 0.05) is 6.42 Å². The van der Waals surface area contributed by atoms with Crippen LogP contribution in [0.25, 0.3) is 4.96 Å². The highest BCUT2D eigenvalue weighted by Crippen LogP contribution is 2.44. The van der Waals surface area contributed by atoms with Crippen LogP contribution in [0.4, 0.5) is 0 Å². The third kappa shape index (κ3) is 1.01.